The molecule has 1 aliphatic heterocycles. The average Bonchev–Trinajstić information content (AvgIpc) is 2.31. The van der Waals surface area contributed by atoms with Crippen molar-refractivity contribution in [2.75, 3.05) is 13.1 Å². The fourth-order valence-electron chi connectivity index (χ4n) is 2.75. The van der Waals surface area contributed by atoms with Gasteiger partial charge in [-0.3, -0.25) is 4.90 Å². The van der Waals surface area contributed by atoms with Crippen molar-refractivity contribution >= 4 is 12.4 Å². The van der Waals surface area contributed by atoms with Crippen LogP contribution >= 0.6 is 12.4 Å². The van der Waals surface area contributed by atoms with Gasteiger partial charge in [-0.15, -0.1) is 12.4 Å². The number of hydrogen-bond donors (Lipinski definition) is 1. The van der Waals surface area contributed by atoms with Crippen LogP contribution in [0.2, 0.25) is 0 Å². The van der Waals surface area contributed by atoms with Crippen LogP contribution in [0.1, 0.15) is 37.8 Å². The second kappa shape index (κ2) is 7.88. The summed E-state index contributed by atoms with van der Waals surface area (Å²) in [5.41, 5.74) is 8.88. The average molecular weight is 283 g/mol. The molecule has 0 bridgehead atoms. The molecule has 1 fully saturated rings. The third kappa shape index (κ3) is 5.52. The Hall–Kier alpha value is -0.570. The first-order valence-electron chi connectivity index (χ1n) is 7.19. The molecule has 108 valence electrons. The van der Waals surface area contributed by atoms with Crippen LogP contribution in [0.5, 0.6) is 0 Å². The van der Waals surface area contributed by atoms with E-state index in [-0.39, 0.29) is 12.4 Å². The molecule has 0 radical (unpaired) electrons. The molecule has 1 saturated heterocycles. The van der Waals surface area contributed by atoms with Crippen molar-refractivity contribution < 1.29 is 0 Å². The molecule has 1 heterocycles. The van der Waals surface area contributed by atoms with Gasteiger partial charge in [-0.05, 0) is 42.9 Å². The zero-order valence-corrected chi connectivity index (χ0v) is 13.0. The Labute approximate surface area is 123 Å². The van der Waals surface area contributed by atoms with E-state index in [0.717, 1.165) is 19.0 Å². The van der Waals surface area contributed by atoms with E-state index >= 15 is 0 Å². The highest BCUT2D eigenvalue weighted by atomic mass is 35.5. The van der Waals surface area contributed by atoms with Crippen molar-refractivity contribution in [3.63, 3.8) is 0 Å². The van der Waals surface area contributed by atoms with Gasteiger partial charge in [0.25, 0.3) is 0 Å². The van der Waals surface area contributed by atoms with Gasteiger partial charge in [-0.2, -0.15) is 0 Å². The van der Waals surface area contributed by atoms with E-state index in [9.17, 15) is 0 Å². The third-order valence-corrected chi connectivity index (χ3v) is 3.62. The Morgan fingerprint density at radius 2 is 1.84 bits per heavy atom. The molecule has 2 N–H and O–H groups in total. The molecular weight excluding hydrogens is 256 g/mol. The summed E-state index contributed by atoms with van der Waals surface area (Å²) in [6, 6.07) is 9.48. The van der Waals surface area contributed by atoms with E-state index in [1.165, 1.54) is 36.9 Å². The predicted molar refractivity (Wildman–Crippen MR) is 84.7 cm³/mol. The number of piperidine rings is 1. The maximum atomic E-state index is 6.02. The number of nitrogens with two attached hydrogens (primary N) is 1. The first-order valence-corrected chi connectivity index (χ1v) is 7.19. The lowest BCUT2D eigenvalue weighted by Gasteiger charge is -2.30. The second-order valence-corrected chi connectivity index (χ2v) is 6.05. The molecule has 1 aliphatic rings. The van der Waals surface area contributed by atoms with Crippen LogP contribution in [0.3, 0.4) is 0 Å². The number of nitrogens with zero attached hydrogens (tertiary/aromatic N) is 1. The lowest BCUT2D eigenvalue weighted by atomic mass is 10.0. The van der Waals surface area contributed by atoms with Gasteiger partial charge in [-0.1, -0.05) is 38.1 Å². The molecule has 2 rings (SSSR count). The molecule has 0 amide bonds. The molecule has 3 heteroatoms. The summed E-state index contributed by atoms with van der Waals surface area (Å²) in [6.45, 7) is 7.83. The number of hydrogen-bond acceptors (Lipinski definition) is 2. The van der Waals surface area contributed by atoms with Crippen molar-refractivity contribution in [3.8, 4) is 0 Å². The molecular formula is C16H27ClN2. The third-order valence-electron chi connectivity index (χ3n) is 3.62. The standard InChI is InChI=1S/C16H26N2.ClH/c1-13(2)10-14-5-7-15(8-6-14)11-18-9-3-4-16(17)12-18;/h5-8,13,16H,3-4,9-12,17H2,1-2H3;1H. The maximum absolute atomic E-state index is 6.02. The van der Waals surface area contributed by atoms with E-state index in [2.05, 4.69) is 43.0 Å². The first kappa shape index (κ1) is 16.5. The largest absolute Gasteiger partial charge is 0.327 e. The van der Waals surface area contributed by atoms with E-state index in [0.29, 0.717) is 6.04 Å². The van der Waals surface area contributed by atoms with Crippen LogP contribution in [0.25, 0.3) is 0 Å². The number of halogens is 1. The second-order valence-electron chi connectivity index (χ2n) is 6.05. The Bertz CT molecular complexity index is 362. The van der Waals surface area contributed by atoms with Gasteiger partial charge >= 0.3 is 0 Å². The minimum absolute atomic E-state index is 0. The lowest BCUT2D eigenvalue weighted by molar-refractivity contribution is 0.201. The molecule has 1 aromatic carbocycles. The zero-order chi connectivity index (χ0) is 13.0. The summed E-state index contributed by atoms with van der Waals surface area (Å²) < 4.78 is 0. The van der Waals surface area contributed by atoms with Crippen LogP contribution < -0.4 is 5.73 Å². The monoisotopic (exact) mass is 282 g/mol. The molecule has 2 nitrogen and oxygen atoms in total. The van der Waals surface area contributed by atoms with Crippen molar-refractivity contribution in [1.29, 1.82) is 0 Å². The zero-order valence-electron chi connectivity index (χ0n) is 12.1. The number of likely N-dealkylation sites (tertiary alicyclic amines) is 1. The van der Waals surface area contributed by atoms with Gasteiger partial charge < -0.3 is 5.73 Å². The molecule has 1 aromatic rings. The molecule has 0 saturated carbocycles. The van der Waals surface area contributed by atoms with Crippen LogP contribution in [0, 0.1) is 5.92 Å². The van der Waals surface area contributed by atoms with Gasteiger partial charge in [-0.25, -0.2) is 0 Å². The van der Waals surface area contributed by atoms with Gasteiger partial charge in [0, 0.05) is 19.1 Å². The Kier molecular flexibility index (Phi) is 6.84. The molecule has 1 unspecified atom stereocenters. The minimum atomic E-state index is 0. The highest BCUT2D eigenvalue weighted by Gasteiger charge is 2.16. The Morgan fingerprint density at radius 1 is 1.21 bits per heavy atom. The van der Waals surface area contributed by atoms with Crippen molar-refractivity contribution in [2.24, 2.45) is 11.7 Å². The molecule has 0 aliphatic carbocycles. The van der Waals surface area contributed by atoms with Crippen molar-refractivity contribution in [2.45, 2.75) is 45.7 Å². The van der Waals surface area contributed by atoms with Crippen LogP contribution in [0.15, 0.2) is 24.3 Å². The predicted octanol–water partition coefficient (Wildman–Crippen LogP) is 3.23. The fourth-order valence-corrected chi connectivity index (χ4v) is 2.75. The van der Waals surface area contributed by atoms with E-state index < -0.39 is 0 Å². The number of benzene rings is 1. The lowest BCUT2D eigenvalue weighted by Crippen LogP contribution is -2.42. The van der Waals surface area contributed by atoms with Gasteiger partial charge in [0.15, 0.2) is 0 Å². The van der Waals surface area contributed by atoms with E-state index in [1.54, 1.807) is 0 Å². The molecule has 0 spiro atoms. The summed E-state index contributed by atoms with van der Waals surface area (Å²) in [7, 11) is 0. The summed E-state index contributed by atoms with van der Waals surface area (Å²) in [6.07, 6.45) is 3.60. The van der Waals surface area contributed by atoms with Crippen LogP contribution in [0.4, 0.5) is 0 Å². The highest BCUT2D eigenvalue weighted by molar-refractivity contribution is 5.85. The topological polar surface area (TPSA) is 29.3 Å². The van der Waals surface area contributed by atoms with Crippen molar-refractivity contribution in [3.05, 3.63) is 35.4 Å². The quantitative estimate of drug-likeness (QED) is 0.919. The van der Waals surface area contributed by atoms with E-state index in [4.69, 9.17) is 5.73 Å². The minimum Gasteiger partial charge on any atom is -0.327 e. The molecule has 1 atom stereocenters. The van der Waals surface area contributed by atoms with Gasteiger partial charge in [0.1, 0.15) is 0 Å². The van der Waals surface area contributed by atoms with Crippen LogP contribution in [-0.2, 0) is 13.0 Å². The molecule has 0 aromatic heterocycles. The first-order chi connectivity index (χ1) is 8.63. The SMILES string of the molecule is CC(C)Cc1ccc(CN2CCCC(N)C2)cc1.Cl. The van der Waals surface area contributed by atoms with Crippen LogP contribution in [-0.4, -0.2) is 24.0 Å². The van der Waals surface area contributed by atoms with Gasteiger partial charge in [0.05, 0.1) is 0 Å². The number of rotatable bonds is 4. The summed E-state index contributed by atoms with van der Waals surface area (Å²) >= 11 is 0. The summed E-state index contributed by atoms with van der Waals surface area (Å²) in [4.78, 5) is 2.48. The molecule has 19 heavy (non-hydrogen) atoms. The normalized spacial score (nSPS) is 20.3. The smallest absolute Gasteiger partial charge is 0.0234 e. The Morgan fingerprint density at radius 3 is 2.42 bits per heavy atom. The highest BCUT2D eigenvalue weighted by Crippen LogP contribution is 2.14. The fraction of sp³-hybridized carbons (Fsp3) is 0.625. The van der Waals surface area contributed by atoms with Crippen molar-refractivity contribution in [1.82, 2.24) is 4.90 Å². The van der Waals surface area contributed by atoms with E-state index in [1.807, 2.05) is 0 Å². The summed E-state index contributed by atoms with van der Waals surface area (Å²) in [5, 5.41) is 0. The maximum Gasteiger partial charge on any atom is 0.0234 e. The summed E-state index contributed by atoms with van der Waals surface area (Å²) in [5.74, 6) is 0.732. The van der Waals surface area contributed by atoms with Gasteiger partial charge in [0.2, 0.25) is 0 Å². The Balaban J connectivity index is 0.00000180.